The van der Waals surface area contributed by atoms with Crippen molar-refractivity contribution in [1.82, 2.24) is 5.01 Å². The minimum Gasteiger partial charge on any atom is -0.469 e. The summed E-state index contributed by atoms with van der Waals surface area (Å²) in [5.74, 6) is -0.904. The predicted molar refractivity (Wildman–Crippen MR) is 65.4 cm³/mol. The van der Waals surface area contributed by atoms with Crippen LogP contribution in [0, 0.1) is 12.8 Å². The molecule has 1 aliphatic heterocycles. The summed E-state index contributed by atoms with van der Waals surface area (Å²) in [4.78, 5) is 12.3. The lowest BCUT2D eigenvalue weighted by molar-refractivity contribution is -0.297. The van der Waals surface area contributed by atoms with Crippen LogP contribution in [0.1, 0.15) is 35.4 Å². The number of rotatable bonds is 2. The van der Waals surface area contributed by atoms with Crippen molar-refractivity contribution in [3.8, 4) is 0 Å². The highest BCUT2D eigenvalue weighted by atomic mass is 19.4. The Morgan fingerprint density at radius 1 is 1.52 bits per heavy atom. The van der Waals surface area contributed by atoms with Crippen molar-refractivity contribution in [3.05, 3.63) is 23.7 Å². The zero-order chi connectivity index (χ0) is 15.4. The molecule has 0 bridgehead atoms. The highest BCUT2D eigenvalue weighted by Gasteiger charge is 2.64. The summed E-state index contributed by atoms with van der Waals surface area (Å²) in [7, 11) is 0. The standard InChI is InChI=1S/C13H13F3N2O3/c1-7-9(4-5-21-7)11(19)18-12(20,13(14,15)16)6-10(17-18)8-2-3-8/h4-5,8,20H,2-3,6H2,1H3/t12-/m0/s1. The number of carbonyl (C=O) groups is 1. The first-order chi connectivity index (χ1) is 9.74. The number of amides is 1. The highest BCUT2D eigenvalue weighted by Crippen LogP contribution is 2.45. The lowest BCUT2D eigenvalue weighted by atomic mass is 10.0. The molecular formula is C13H13F3N2O3. The summed E-state index contributed by atoms with van der Waals surface area (Å²) < 4.78 is 44.6. The van der Waals surface area contributed by atoms with Gasteiger partial charge in [-0.3, -0.25) is 4.79 Å². The SMILES string of the molecule is Cc1occc1C(=O)N1N=C(C2CC2)C[C@]1(O)C(F)(F)F. The van der Waals surface area contributed by atoms with Gasteiger partial charge in [0, 0.05) is 12.1 Å². The molecule has 3 rings (SSSR count). The molecule has 1 fully saturated rings. The first-order valence-corrected chi connectivity index (χ1v) is 6.49. The van der Waals surface area contributed by atoms with Gasteiger partial charge < -0.3 is 9.52 Å². The maximum absolute atomic E-state index is 13.2. The van der Waals surface area contributed by atoms with Crippen LogP contribution in [0.4, 0.5) is 13.2 Å². The second kappa shape index (κ2) is 4.33. The zero-order valence-electron chi connectivity index (χ0n) is 11.1. The molecule has 2 heterocycles. The van der Waals surface area contributed by atoms with Gasteiger partial charge in [-0.1, -0.05) is 0 Å². The number of hydrogen-bond donors (Lipinski definition) is 1. The van der Waals surface area contributed by atoms with Crippen LogP contribution < -0.4 is 0 Å². The number of furan rings is 1. The topological polar surface area (TPSA) is 66.0 Å². The Bertz CT molecular complexity index is 618. The molecule has 21 heavy (non-hydrogen) atoms. The van der Waals surface area contributed by atoms with Gasteiger partial charge in [-0.2, -0.15) is 23.3 Å². The van der Waals surface area contributed by atoms with Gasteiger partial charge in [0.2, 0.25) is 0 Å². The van der Waals surface area contributed by atoms with Crippen molar-refractivity contribution in [3.63, 3.8) is 0 Å². The number of carbonyl (C=O) groups excluding carboxylic acids is 1. The van der Waals surface area contributed by atoms with E-state index in [9.17, 15) is 23.1 Å². The molecule has 1 N–H and O–H groups in total. The Morgan fingerprint density at radius 2 is 2.19 bits per heavy atom. The minimum absolute atomic E-state index is 0.0431. The smallest absolute Gasteiger partial charge is 0.438 e. The van der Waals surface area contributed by atoms with Crippen LogP contribution in [-0.4, -0.2) is 33.6 Å². The summed E-state index contributed by atoms with van der Waals surface area (Å²) in [6.07, 6.45) is -3.00. The number of halogens is 3. The third kappa shape index (κ3) is 2.14. The molecule has 2 aliphatic rings. The van der Waals surface area contributed by atoms with Gasteiger partial charge in [-0.15, -0.1) is 0 Å². The molecule has 0 saturated heterocycles. The number of nitrogens with zero attached hydrogens (tertiary/aromatic N) is 2. The predicted octanol–water partition coefficient (Wildman–Crippen LogP) is 2.45. The maximum Gasteiger partial charge on any atom is 0.438 e. The fraction of sp³-hybridized carbons (Fsp3) is 0.538. The molecule has 8 heteroatoms. The first-order valence-electron chi connectivity index (χ1n) is 6.49. The van der Waals surface area contributed by atoms with E-state index in [0.717, 1.165) is 12.8 Å². The highest BCUT2D eigenvalue weighted by molar-refractivity contribution is 5.99. The summed E-state index contributed by atoms with van der Waals surface area (Å²) in [5.41, 5.74) is -3.10. The molecule has 1 atom stereocenters. The van der Waals surface area contributed by atoms with Gasteiger partial charge in [-0.05, 0) is 31.7 Å². The summed E-state index contributed by atoms with van der Waals surface area (Å²) in [6, 6.07) is 1.26. The maximum atomic E-state index is 13.2. The van der Waals surface area contributed by atoms with Crippen molar-refractivity contribution in [2.75, 3.05) is 0 Å². The van der Waals surface area contributed by atoms with Crippen LogP contribution in [0.15, 0.2) is 21.8 Å². The number of hydrogen-bond acceptors (Lipinski definition) is 4. The van der Waals surface area contributed by atoms with E-state index in [1.165, 1.54) is 19.3 Å². The fourth-order valence-electron chi connectivity index (χ4n) is 2.37. The van der Waals surface area contributed by atoms with Crippen molar-refractivity contribution in [2.24, 2.45) is 11.0 Å². The Hall–Kier alpha value is -1.83. The number of alkyl halides is 3. The van der Waals surface area contributed by atoms with E-state index in [1.54, 1.807) is 0 Å². The van der Waals surface area contributed by atoms with Crippen LogP contribution in [0.2, 0.25) is 0 Å². The molecule has 114 valence electrons. The number of aryl methyl sites for hydroxylation is 1. The van der Waals surface area contributed by atoms with E-state index in [0.29, 0.717) is 0 Å². The molecule has 0 radical (unpaired) electrons. The summed E-state index contributed by atoms with van der Waals surface area (Å²) in [5, 5.41) is 13.9. The van der Waals surface area contributed by atoms with Gasteiger partial charge in [0.25, 0.3) is 11.6 Å². The largest absolute Gasteiger partial charge is 0.469 e. The van der Waals surface area contributed by atoms with Gasteiger partial charge in [0.1, 0.15) is 5.76 Å². The number of aliphatic hydroxyl groups is 1. The monoisotopic (exact) mass is 302 g/mol. The second-order valence-electron chi connectivity index (χ2n) is 5.36. The third-order valence-electron chi connectivity index (χ3n) is 3.79. The second-order valence-corrected chi connectivity index (χ2v) is 5.36. The van der Waals surface area contributed by atoms with Crippen molar-refractivity contribution in [1.29, 1.82) is 0 Å². The lowest BCUT2D eigenvalue weighted by Gasteiger charge is -2.32. The molecule has 1 aromatic heterocycles. The average molecular weight is 302 g/mol. The van der Waals surface area contributed by atoms with E-state index < -0.39 is 24.2 Å². The van der Waals surface area contributed by atoms with Crippen LogP contribution >= 0.6 is 0 Å². The molecule has 1 amide bonds. The van der Waals surface area contributed by atoms with Crippen LogP contribution in [0.5, 0.6) is 0 Å². The Kier molecular flexibility index (Phi) is 2.91. The Morgan fingerprint density at radius 3 is 2.67 bits per heavy atom. The zero-order valence-corrected chi connectivity index (χ0v) is 11.1. The van der Waals surface area contributed by atoms with Gasteiger partial charge >= 0.3 is 6.18 Å². The molecule has 0 spiro atoms. The fourth-order valence-corrected chi connectivity index (χ4v) is 2.37. The van der Waals surface area contributed by atoms with Crippen molar-refractivity contribution < 1.29 is 27.5 Å². The van der Waals surface area contributed by atoms with Crippen LogP contribution in [0.3, 0.4) is 0 Å². The van der Waals surface area contributed by atoms with Crippen molar-refractivity contribution in [2.45, 2.75) is 38.1 Å². The van der Waals surface area contributed by atoms with E-state index in [-0.39, 0.29) is 28.0 Å². The Balaban J connectivity index is 1.99. The normalized spacial score (nSPS) is 26.1. The van der Waals surface area contributed by atoms with Crippen LogP contribution in [0.25, 0.3) is 0 Å². The molecule has 0 unspecified atom stereocenters. The van der Waals surface area contributed by atoms with E-state index >= 15 is 0 Å². The average Bonchev–Trinajstić information content (AvgIpc) is 3.05. The van der Waals surface area contributed by atoms with E-state index in [2.05, 4.69) is 5.10 Å². The van der Waals surface area contributed by atoms with Gasteiger partial charge in [0.05, 0.1) is 11.8 Å². The minimum atomic E-state index is -4.99. The molecule has 1 aliphatic carbocycles. The van der Waals surface area contributed by atoms with Gasteiger partial charge in [0.15, 0.2) is 0 Å². The van der Waals surface area contributed by atoms with Gasteiger partial charge in [-0.25, -0.2) is 0 Å². The quantitative estimate of drug-likeness (QED) is 0.912. The van der Waals surface area contributed by atoms with E-state index in [1.807, 2.05) is 0 Å². The molecule has 0 aromatic carbocycles. The van der Waals surface area contributed by atoms with E-state index in [4.69, 9.17) is 4.42 Å². The molecule has 1 saturated carbocycles. The molecule has 5 nitrogen and oxygen atoms in total. The summed E-state index contributed by atoms with van der Waals surface area (Å²) >= 11 is 0. The molecular weight excluding hydrogens is 289 g/mol. The Labute approximate surface area is 118 Å². The first kappa shape index (κ1) is 14.1. The molecule has 1 aromatic rings. The van der Waals surface area contributed by atoms with Crippen LogP contribution in [-0.2, 0) is 0 Å². The van der Waals surface area contributed by atoms with Crippen molar-refractivity contribution >= 4 is 11.6 Å². The lowest BCUT2D eigenvalue weighted by Crippen LogP contribution is -2.56. The number of hydrazone groups is 1. The summed E-state index contributed by atoms with van der Waals surface area (Å²) in [6.45, 7) is 1.46. The third-order valence-corrected chi connectivity index (χ3v) is 3.79.